The fourth-order valence-electron chi connectivity index (χ4n) is 2.93. The molecule has 0 atom stereocenters. The molecule has 1 heterocycles. The van der Waals surface area contributed by atoms with Crippen LogP contribution in [0, 0.1) is 0 Å². The lowest BCUT2D eigenvalue weighted by atomic mass is 10.0. The zero-order valence-corrected chi connectivity index (χ0v) is 13.3. The van der Waals surface area contributed by atoms with Gasteiger partial charge in [0.1, 0.15) is 4.99 Å². The Balaban J connectivity index is 2.02. The number of fused-ring (bicyclic) bond motifs is 1. The Bertz CT molecular complexity index is 684. The number of thiocarbonyl (C=S) groups is 1. The number of hydrogen-bond acceptors (Lipinski definition) is 2. The number of anilines is 1. The fourth-order valence-corrected chi connectivity index (χ4v) is 3.47. The van der Waals surface area contributed by atoms with E-state index in [1.165, 1.54) is 11.1 Å². The van der Waals surface area contributed by atoms with Gasteiger partial charge < -0.3 is 10.6 Å². The van der Waals surface area contributed by atoms with Crippen molar-refractivity contribution in [2.75, 3.05) is 11.4 Å². The van der Waals surface area contributed by atoms with Gasteiger partial charge in [0.2, 0.25) is 0 Å². The molecule has 0 radical (unpaired) electrons. The van der Waals surface area contributed by atoms with Crippen molar-refractivity contribution < 1.29 is 0 Å². The van der Waals surface area contributed by atoms with E-state index in [9.17, 15) is 0 Å². The molecule has 0 amide bonds. The summed E-state index contributed by atoms with van der Waals surface area (Å²) >= 11 is 11.5. The van der Waals surface area contributed by atoms with E-state index in [-0.39, 0.29) is 0 Å². The van der Waals surface area contributed by atoms with Crippen molar-refractivity contribution >= 4 is 34.5 Å². The minimum atomic E-state index is 0.355. The highest BCUT2D eigenvalue weighted by Gasteiger charge is 2.19. The van der Waals surface area contributed by atoms with E-state index in [0.717, 1.165) is 37.2 Å². The molecule has 4 heteroatoms. The van der Waals surface area contributed by atoms with Crippen LogP contribution in [0.3, 0.4) is 0 Å². The molecule has 0 saturated carbocycles. The van der Waals surface area contributed by atoms with Gasteiger partial charge in [0.15, 0.2) is 0 Å². The Labute approximate surface area is 135 Å². The lowest BCUT2D eigenvalue weighted by Gasteiger charge is -2.26. The first-order chi connectivity index (χ1) is 10.2. The first-order valence-electron chi connectivity index (χ1n) is 7.07. The molecule has 0 bridgehead atoms. The van der Waals surface area contributed by atoms with E-state index >= 15 is 0 Å². The summed E-state index contributed by atoms with van der Waals surface area (Å²) in [5.74, 6) is 0. The van der Waals surface area contributed by atoms with Crippen LogP contribution in [-0.4, -0.2) is 11.5 Å². The van der Waals surface area contributed by atoms with Crippen molar-refractivity contribution in [2.45, 2.75) is 19.4 Å². The van der Waals surface area contributed by atoms with Gasteiger partial charge in [-0.2, -0.15) is 0 Å². The second-order valence-electron chi connectivity index (χ2n) is 5.29. The molecule has 0 aromatic heterocycles. The Morgan fingerprint density at radius 2 is 1.86 bits per heavy atom. The molecule has 2 aromatic rings. The van der Waals surface area contributed by atoms with Gasteiger partial charge >= 0.3 is 0 Å². The lowest BCUT2D eigenvalue weighted by molar-refractivity contribution is 0.765. The lowest BCUT2D eigenvalue weighted by Crippen LogP contribution is -2.26. The summed E-state index contributed by atoms with van der Waals surface area (Å²) in [6.45, 7) is 1.84. The van der Waals surface area contributed by atoms with Crippen LogP contribution in [0.1, 0.15) is 23.1 Å². The molecule has 1 aliphatic heterocycles. The van der Waals surface area contributed by atoms with Gasteiger partial charge in [-0.15, -0.1) is 0 Å². The summed E-state index contributed by atoms with van der Waals surface area (Å²) in [7, 11) is 0. The van der Waals surface area contributed by atoms with Crippen molar-refractivity contribution in [3.8, 4) is 0 Å². The van der Waals surface area contributed by atoms with E-state index in [0.29, 0.717) is 10.0 Å². The van der Waals surface area contributed by atoms with Gasteiger partial charge in [-0.1, -0.05) is 54.2 Å². The average molecular weight is 317 g/mol. The summed E-state index contributed by atoms with van der Waals surface area (Å²) < 4.78 is 0. The zero-order chi connectivity index (χ0) is 14.8. The van der Waals surface area contributed by atoms with Crippen molar-refractivity contribution in [1.82, 2.24) is 0 Å². The van der Waals surface area contributed by atoms with Crippen LogP contribution in [0.4, 0.5) is 5.69 Å². The fraction of sp³-hybridized carbons (Fsp3) is 0.235. The van der Waals surface area contributed by atoms with Crippen LogP contribution >= 0.6 is 23.8 Å². The number of nitrogens with zero attached hydrogens (tertiary/aromatic N) is 1. The number of benzene rings is 2. The maximum absolute atomic E-state index is 6.29. The molecule has 2 N–H and O–H groups in total. The van der Waals surface area contributed by atoms with E-state index in [1.807, 2.05) is 18.2 Å². The maximum atomic E-state index is 6.29. The normalized spacial score (nSPS) is 14.4. The smallest absolute Gasteiger partial charge is 0.107 e. The van der Waals surface area contributed by atoms with E-state index < -0.39 is 0 Å². The molecular formula is C17H17ClN2S. The minimum Gasteiger partial charge on any atom is -0.389 e. The molecule has 21 heavy (non-hydrogen) atoms. The van der Waals surface area contributed by atoms with E-state index in [4.69, 9.17) is 29.6 Å². The van der Waals surface area contributed by atoms with Gasteiger partial charge in [-0.05, 0) is 36.1 Å². The Kier molecular flexibility index (Phi) is 4.13. The Hall–Kier alpha value is -1.58. The van der Waals surface area contributed by atoms with Gasteiger partial charge in [-0.3, -0.25) is 0 Å². The van der Waals surface area contributed by atoms with Crippen molar-refractivity contribution in [2.24, 2.45) is 5.73 Å². The van der Waals surface area contributed by atoms with Gasteiger partial charge in [0, 0.05) is 18.8 Å². The molecule has 3 rings (SSSR count). The van der Waals surface area contributed by atoms with Crippen LogP contribution in [0.5, 0.6) is 0 Å². The second-order valence-corrected chi connectivity index (χ2v) is 6.14. The highest BCUT2D eigenvalue weighted by atomic mass is 35.5. The highest BCUT2D eigenvalue weighted by Crippen LogP contribution is 2.30. The van der Waals surface area contributed by atoms with Crippen LogP contribution in [0.2, 0.25) is 5.02 Å². The first kappa shape index (κ1) is 14.4. The summed E-state index contributed by atoms with van der Waals surface area (Å²) in [4.78, 5) is 2.68. The molecule has 0 unspecified atom stereocenters. The summed E-state index contributed by atoms with van der Waals surface area (Å²) in [5.41, 5.74) is 10.5. The first-order valence-corrected chi connectivity index (χ1v) is 7.85. The number of halogens is 1. The second kappa shape index (κ2) is 6.04. The van der Waals surface area contributed by atoms with Crippen LogP contribution in [0.25, 0.3) is 0 Å². The van der Waals surface area contributed by atoms with Crippen molar-refractivity contribution in [3.05, 3.63) is 64.2 Å². The van der Waals surface area contributed by atoms with Crippen molar-refractivity contribution in [1.29, 1.82) is 0 Å². The third kappa shape index (κ3) is 2.89. The molecule has 2 nitrogen and oxygen atoms in total. The van der Waals surface area contributed by atoms with Gasteiger partial charge in [-0.25, -0.2) is 0 Å². The SMILES string of the molecule is NC(=S)c1c(Cl)cccc1N1CCCc2ccccc2C1. The minimum absolute atomic E-state index is 0.355. The Morgan fingerprint density at radius 3 is 2.62 bits per heavy atom. The number of rotatable bonds is 2. The topological polar surface area (TPSA) is 29.3 Å². The molecule has 0 spiro atoms. The molecule has 2 aromatic carbocycles. The molecule has 108 valence electrons. The summed E-state index contributed by atoms with van der Waals surface area (Å²) in [5, 5.41) is 0.623. The van der Waals surface area contributed by atoms with Gasteiger partial charge in [0.25, 0.3) is 0 Å². The van der Waals surface area contributed by atoms with E-state index in [2.05, 4.69) is 29.2 Å². The largest absolute Gasteiger partial charge is 0.389 e. The standard InChI is InChI=1S/C17H17ClN2S/c18-14-8-3-9-15(16(14)17(19)21)20-10-4-7-12-5-1-2-6-13(12)11-20/h1-3,5-6,8-9H,4,7,10-11H2,(H2,19,21). The van der Waals surface area contributed by atoms with Crippen LogP contribution in [-0.2, 0) is 13.0 Å². The zero-order valence-electron chi connectivity index (χ0n) is 11.7. The molecule has 0 fully saturated rings. The molecular weight excluding hydrogens is 300 g/mol. The number of aryl methyl sites for hydroxylation is 1. The highest BCUT2D eigenvalue weighted by molar-refractivity contribution is 7.80. The van der Waals surface area contributed by atoms with Crippen molar-refractivity contribution in [3.63, 3.8) is 0 Å². The number of nitrogens with two attached hydrogens (primary N) is 1. The predicted octanol–water partition coefficient (Wildman–Crippen LogP) is 3.93. The molecule has 1 aliphatic rings. The summed E-state index contributed by atoms with van der Waals surface area (Å²) in [6, 6.07) is 14.4. The average Bonchev–Trinajstić information content (AvgIpc) is 2.68. The Morgan fingerprint density at radius 1 is 1.10 bits per heavy atom. The molecule has 0 saturated heterocycles. The predicted molar refractivity (Wildman–Crippen MR) is 93.2 cm³/mol. The summed E-state index contributed by atoms with van der Waals surface area (Å²) in [6.07, 6.45) is 2.22. The third-order valence-corrected chi connectivity index (χ3v) is 4.45. The van der Waals surface area contributed by atoms with E-state index in [1.54, 1.807) is 0 Å². The van der Waals surface area contributed by atoms with Crippen LogP contribution < -0.4 is 10.6 Å². The monoisotopic (exact) mass is 316 g/mol. The quantitative estimate of drug-likeness (QED) is 0.851. The van der Waals surface area contributed by atoms with Gasteiger partial charge in [0.05, 0.1) is 10.6 Å². The molecule has 0 aliphatic carbocycles. The number of hydrogen-bond donors (Lipinski definition) is 1. The maximum Gasteiger partial charge on any atom is 0.107 e. The van der Waals surface area contributed by atoms with Crippen LogP contribution in [0.15, 0.2) is 42.5 Å². The third-order valence-electron chi connectivity index (χ3n) is 3.93.